The molecular formula is C26H45N3O. The van der Waals surface area contributed by atoms with Gasteiger partial charge in [0.15, 0.2) is 5.96 Å². The van der Waals surface area contributed by atoms with Crippen molar-refractivity contribution in [2.75, 3.05) is 7.05 Å². The van der Waals surface area contributed by atoms with E-state index < -0.39 is 5.54 Å². The van der Waals surface area contributed by atoms with Crippen LogP contribution in [0.5, 0.6) is 0 Å². The van der Waals surface area contributed by atoms with Crippen LogP contribution in [-0.2, 0) is 4.79 Å². The van der Waals surface area contributed by atoms with E-state index >= 15 is 0 Å². The zero-order valence-electron chi connectivity index (χ0n) is 19.4. The van der Waals surface area contributed by atoms with E-state index in [1.807, 2.05) is 7.05 Å². The Bertz CT molecular complexity index is 605. The van der Waals surface area contributed by atoms with Crippen LogP contribution in [0.1, 0.15) is 116 Å². The Balaban J connectivity index is 1.38. The Morgan fingerprint density at radius 1 is 0.867 bits per heavy atom. The van der Waals surface area contributed by atoms with Gasteiger partial charge < -0.3 is 5.73 Å². The molecule has 3 saturated carbocycles. The van der Waals surface area contributed by atoms with Crippen LogP contribution in [0.4, 0.5) is 0 Å². The van der Waals surface area contributed by atoms with Crippen molar-refractivity contribution in [2.24, 2.45) is 34.4 Å². The number of aliphatic imine (C=N–C) groups is 1. The lowest BCUT2D eigenvalue weighted by Crippen LogP contribution is -2.44. The smallest absolute Gasteiger partial charge is 0.257 e. The van der Waals surface area contributed by atoms with Crippen LogP contribution in [0.2, 0.25) is 0 Å². The highest BCUT2D eigenvalue weighted by atomic mass is 16.2. The summed E-state index contributed by atoms with van der Waals surface area (Å²) in [6, 6.07) is 0. The molecule has 1 amide bonds. The fourth-order valence-corrected chi connectivity index (χ4v) is 7.25. The number of hydrogen-bond donors (Lipinski definition) is 1. The van der Waals surface area contributed by atoms with Crippen molar-refractivity contribution in [3.05, 3.63) is 0 Å². The summed E-state index contributed by atoms with van der Waals surface area (Å²) in [6.45, 7) is 0. The maximum absolute atomic E-state index is 13.3. The first kappa shape index (κ1) is 22.1. The largest absolute Gasteiger partial charge is 0.369 e. The first-order chi connectivity index (χ1) is 14.6. The molecule has 3 atom stereocenters. The number of nitrogens with zero attached hydrogens (tertiary/aromatic N) is 2. The number of nitrogens with two attached hydrogens (primary N) is 1. The standard InChI is InChI=1S/C26H45N3O/c1-29-24(30)26(28-25(29)27,16-15-20-9-4-2-5-10-20)19-23-14-8-13-22(18-23)17-21-11-6-3-7-12-21/h20-23H,2-19H2,1H3,(H2,27,28)/t22-,23-,26+/m0/s1. The van der Waals surface area contributed by atoms with Gasteiger partial charge in [-0.3, -0.25) is 9.69 Å². The lowest BCUT2D eigenvalue weighted by atomic mass is 9.70. The topological polar surface area (TPSA) is 58.7 Å². The highest BCUT2D eigenvalue weighted by Crippen LogP contribution is 2.43. The predicted octanol–water partition coefficient (Wildman–Crippen LogP) is 6.04. The van der Waals surface area contributed by atoms with Crippen molar-refractivity contribution >= 4 is 11.9 Å². The van der Waals surface area contributed by atoms with Gasteiger partial charge in [-0.1, -0.05) is 83.5 Å². The number of likely N-dealkylation sites (N-methyl/N-ethyl adjacent to an activating group) is 1. The molecule has 4 heteroatoms. The fraction of sp³-hybridized carbons (Fsp3) is 0.923. The third kappa shape index (κ3) is 5.22. The minimum Gasteiger partial charge on any atom is -0.369 e. The van der Waals surface area contributed by atoms with E-state index in [2.05, 4.69) is 0 Å². The second kappa shape index (κ2) is 10.0. The molecule has 0 spiro atoms. The molecule has 1 heterocycles. The van der Waals surface area contributed by atoms with Crippen molar-refractivity contribution in [1.29, 1.82) is 0 Å². The van der Waals surface area contributed by atoms with Gasteiger partial charge in [0.2, 0.25) is 0 Å². The molecule has 3 fully saturated rings. The predicted molar refractivity (Wildman–Crippen MR) is 124 cm³/mol. The van der Waals surface area contributed by atoms with E-state index in [-0.39, 0.29) is 5.91 Å². The van der Waals surface area contributed by atoms with Gasteiger partial charge in [-0.15, -0.1) is 0 Å². The molecule has 0 bridgehead atoms. The van der Waals surface area contributed by atoms with Crippen molar-refractivity contribution < 1.29 is 4.79 Å². The molecule has 0 aromatic carbocycles. The molecule has 1 aliphatic heterocycles. The number of carbonyl (C=O) groups is 1. The summed E-state index contributed by atoms with van der Waals surface area (Å²) in [5, 5.41) is 0. The van der Waals surface area contributed by atoms with Gasteiger partial charge in [-0.2, -0.15) is 0 Å². The monoisotopic (exact) mass is 415 g/mol. The van der Waals surface area contributed by atoms with Gasteiger partial charge in [0.25, 0.3) is 5.91 Å². The highest BCUT2D eigenvalue weighted by Gasteiger charge is 2.48. The molecule has 3 aliphatic carbocycles. The Hall–Kier alpha value is -1.06. The molecule has 0 saturated heterocycles. The number of carbonyl (C=O) groups excluding carboxylic acids is 1. The summed E-state index contributed by atoms with van der Waals surface area (Å²) in [5.74, 6) is 3.89. The van der Waals surface area contributed by atoms with E-state index in [9.17, 15) is 4.79 Å². The SMILES string of the molecule is CN1C(=O)[C@@](CCC2CCCCC2)(C[C@H]2CCC[C@@H](CC3CCCCC3)C2)N=C1N. The Kier molecular flexibility index (Phi) is 7.41. The molecule has 0 aromatic rings. The Morgan fingerprint density at radius 2 is 1.47 bits per heavy atom. The molecule has 30 heavy (non-hydrogen) atoms. The molecule has 0 unspecified atom stereocenters. The normalized spacial score (nSPS) is 34.4. The third-order valence-electron chi connectivity index (χ3n) is 8.98. The van der Waals surface area contributed by atoms with Crippen LogP contribution in [0.15, 0.2) is 4.99 Å². The second-order valence-corrected chi connectivity index (χ2v) is 11.3. The van der Waals surface area contributed by atoms with Crippen molar-refractivity contribution in [3.63, 3.8) is 0 Å². The average Bonchev–Trinajstić information content (AvgIpc) is 2.98. The summed E-state index contributed by atoms with van der Waals surface area (Å²) in [6.07, 6.45) is 23.8. The first-order valence-electron chi connectivity index (χ1n) is 13.2. The molecule has 170 valence electrons. The van der Waals surface area contributed by atoms with E-state index in [0.717, 1.165) is 37.0 Å². The lowest BCUT2D eigenvalue weighted by molar-refractivity contribution is -0.131. The van der Waals surface area contributed by atoms with Crippen LogP contribution in [-0.4, -0.2) is 29.4 Å². The molecule has 4 nitrogen and oxygen atoms in total. The summed E-state index contributed by atoms with van der Waals surface area (Å²) in [7, 11) is 1.82. The van der Waals surface area contributed by atoms with E-state index in [4.69, 9.17) is 10.7 Å². The Morgan fingerprint density at radius 3 is 2.10 bits per heavy atom. The van der Waals surface area contributed by atoms with E-state index in [1.165, 1.54) is 96.3 Å². The number of hydrogen-bond acceptors (Lipinski definition) is 3. The maximum atomic E-state index is 13.3. The summed E-state index contributed by atoms with van der Waals surface area (Å²) < 4.78 is 0. The molecule has 2 N–H and O–H groups in total. The molecule has 4 rings (SSSR count). The van der Waals surface area contributed by atoms with Gasteiger partial charge in [0.1, 0.15) is 5.54 Å². The van der Waals surface area contributed by atoms with Gasteiger partial charge >= 0.3 is 0 Å². The summed E-state index contributed by atoms with van der Waals surface area (Å²) in [5.41, 5.74) is 5.60. The highest BCUT2D eigenvalue weighted by molar-refractivity contribution is 6.06. The van der Waals surface area contributed by atoms with Gasteiger partial charge in [-0.25, -0.2) is 4.99 Å². The number of amides is 1. The minimum atomic E-state index is -0.562. The zero-order chi connectivity index (χ0) is 21.0. The van der Waals surface area contributed by atoms with Crippen molar-refractivity contribution in [2.45, 2.75) is 121 Å². The lowest BCUT2D eigenvalue weighted by Gasteiger charge is -2.37. The third-order valence-corrected chi connectivity index (χ3v) is 8.98. The van der Waals surface area contributed by atoms with E-state index in [0.29, 0.717) is 11.9 Å². The van der Waals surface area contributed by atoms with Crippen LogP contribution < -0.4 is 5.73 Å². The molecule has 4 aliphatic rings. The quantitative estimate of drug-likeness (QED) is 0.551. The van der Waals surface area contributed by atoms with Crippen molar-refractivity contribution in [3.8, 4) is 0 Å². The van der Waals surface area contributed by atoms with E-state index in [1.54, 1.807) is 4.90 Å². The minimum absolute atomic E-state index is 0.171. The molecule has 0 aromatic heterocycles. The molecule has 0 radical (unpaired) electrons. The second-order valence-electron chi connectivity index (χ2n) is 11.3. The number of rotatable bonds is 7. The zero-order valence-corrected chi connectivity index (χ0v) is 19.4. The number of guanidine groups is 1. The fourth-order valence-electron chi connectivity index (χ4n) is 7.25. The van der Waals surface area contributed by atoms with Gasteiger partial charge in [0.05, 0.1) is 0 Å². The summed E-state index contributed by atoms with van der Waals surface area (Å²) >= 11 is 0. The van der Waals surface area contributed by atoms with Gasteiger partial charge in [0, 0.05) is 7.05 Å². The maximum Gasteiger partial charge on any atom is 0.257 e. The van der Waals surface area contributed by atoms with Crippen LogP contribution in [0.3, 0.4) is 0 Å². The van der Waals surface area contributed by atoms with Crippen LogP contribution >= 0.6 is 0 Å². The average molecular weight is 416 g/mol. The van der Waals surface area contributed by atoms with Crippen LogP contribution in [0.25, 0.3) is 0 Å². The summed E-state index contributed by atoms with van der Waals surface area (Å²) in [4.78, 5) is 19.8. The van der Waals surface area contributed by atoms with Crippen molar-refractivity contribution in [1.82, 2.24) is 4.90 Å². The van der Waals surface area contributed by atoms with Crippen LogP contribution in [0, 0.1) is 23.7 Å². The van der Waals surface area contributed by atoms with Gasteiger partial charge in [-0.05, 0) is 55.8 Å². The Labute approximate surface area is 184 Å². The first-order valence-corrected chi connectivity index (χ1v) is 13.2. The molecular weight excluding hydrogens is 370 g/mol.